The van der Waals surface area contributed by atoms with Gasteiger partial charge in [-0.3, -0.25) is 0 Å². The van der Waals surface area contributed by atoms with Crippen molar-refractivity contribution >= 4 is 11.4 Å². The molecule has 0 saturated heterocycles. The van der Waals surface area contributed by atoms with Gasteiger partial charge in [0.1, 0.15) is 0 Å². The fraction of sp³-hybridized carbons (Fsp3) is 0.333. The molecule has 0 heterocycles. The zero-order valence-electron chi connectivity index (χ0n) is 13.1. The van der Waals surface area contributed by atoms with Crippen LogP contribution in [0.3, 0.4) is 0 Å². The standard InChI is InChI=1S/C18H24N2/c1-13-7-6-8-14(2)17(13)12-19-16-10-9-15(3)18(11-16)20(4)5/h6-11,19H,12H2,1-5H3. The van der Waals surface area contributed by atoms with Gasteiger partial charge in [0.15, 0.2) is 0 Å². The van der Waals surface area contributed by atoms with E-state index in [1.54, 1.807) is 0 Å². The fourth-order valence-electron chi connectivity index (χ4n) is 2.52. The quantitative estimate of drug-likeness (QED) is 0.890. The Morgan fingerprint density at radius 1 is 0.900 bits per heavy atom. The van der Waals surface area contributed by atoms with Crippen molar-refractivity contribution in [2.45, 2.75) is 27.3 Å². The monoisotopic (exact) mass is 268 g/mol. The highest BCUT2D eigenvalue weighted by Gasteiger charge is 2.04. The highest BCUT2D eigenvalue weighted by atomic mass is 15.1. The lowest BCUT2D eigenvalue weighted by atomic mass is 10.0. The number of nitrogens with one attached hydrogen (secondary N) is 1. The molecular weight excluding hydrogens is 244 g/mol. The molecule has 2 heteroatoms. The lowest BCUT2D eigenvalue weighted by Gasteiger charge is -2.18. The highest BCUT2D eigenvalue weighted by molar-refractivity contribution is 5.62. The molecule has 106 valence electrons. The molecule has 2 aromatic carbocycles. The summed E-state index contributed by atoms with van der Waals surface area (Å²) in [5.41, 5.74) is 7.81. The molecule has 0 amide bonds. The minimum atomic E-state index is 0.869. The Kier molecular flexibility index (Phi) is 4.33. The molecule has 0 aromatic heterocycles. The molecule has 0 spiro atoms. The van der Waals surface area contributed by atoms with Crippen molar-refractivity contribution < 1.29 is 0 Å². The van der Waals surface area contributed by atoms with Crippen LogP contribution < -0.4 is 10.2 Å². The van der Waals surface area contributed by atoms with Crippen LogP contribution in [0.5, 0.6) is 0 Å². The van der Waals surface area contributed by atoms with Gasteiger partial charge in [-0.1, -0.05) is 24.3 Å². The average molecular weight is 268 g/mol. The van der Waals surface area contributed by atoms with Gasteiger partial charge in [0.25, 0.3) is 0 Å². The zero-order chi connectivity index (χ0) is 14.7. The van der Waals surface area contributed by atoms with E-state index in [0.29, 0.717) is 0 Å². The predicted molar refractivity (Wildman–Crippen MR) is 88.7 cm³/mol. The van der Waals surface area contributed by atoms with E-state index in [4.69, 9.17) is 0 Å². The Morgan fingerprint density at radius 2 is 1.55 bits per heavy atom. The number of nitrogens with zero attached hydrogens (tertiary/aromatic N) is 1. The Labute approximate surface area is 122 Å². The first-order valence-corrected chi connectivity index (χ1v) is 7.06. The highest BCUT2D eigenvalue weighted by Crippen LogP contribution is 2.23. The largest absolute Gasteiger partial charge is 0.381 e. The molecular formula is C18H24N2. The minimum Gasteiger partial charge on any atom is -0.381 e. The van der Waals surface area contributed by atoms with Crippen LogP contribution in [0.4, 0.5) is 11.4 Å². The first-order chi connectivity index (χ1) is 9.49. The molecule has 2 nitrogen and oxygen atoms in total. The number of anilines is 2. The second kappa shape index (κ2) is 6.00. The van der Waals surface area contributed by atoms with Crippen molar-refractivity contribution in [3.8, 4) is 0 Å². The Bertz CT molecular complexity index is 580. The number of benzene rings is 2. The minimum absolute atomic E-state index is 0.869. The molecule has 0 bridgehead atoms. The fourth-order valence-corrected chi connectivity index (χ4v) is 2.52. The van der Waals surface area contributed by atoms with Crippen LogP contribution in [-0.4, -0.2) is 14.1 Å². The molecule has 0 fully saturated rings. The summed E-state index contributed by atoms with van der Waals surface area (Å²) in [5, 5.41) is 3.54. The molecule has 0 saturated carbocycles. The van der Waals surface area contributed by atoms with Crippen molar-refractivity contribution in [2.75, 3.05) is 24.3 Å². The SMILES string of the molecule is Cc1ccc(NCc2c(C)cccc2C)cc1N(C)C. The molecule has 1 N–H and O–H groups in total. The maximum Gasteiger partial charge on any atom is 0.0411 e. The van der Waals surface area contributed by atoms with Crippen molar-refractivity contribution in [3.05, 3.63) is 58.7 Å². The number of aryl methyl sites for hydroxylation is 3. The van der Waals surface area contributed by atoms with Gasteiger partial charge in [-0.15, -0.1) is 0 Å². The number of rotatable bonds is 4. The number of hydrogen-bond acceptors (Lipinski definition) is 2. The summed E-state index contributed by atoms with van der Waals surface area (Å²) >= 11 is 0. The van der Waals surface area contributed by atoms with Gasteiger partial charge < -0.3 is 10.2 Å². The van der Waals surface area contributed by atoms with E-state index in [2.05, 4.69) is 81.5 Å². The van der Waals surface area contributed by atoms with E-state index in [-0.39, 0.29) is 0 Å². The van der Waals surface area contributed by atoms with Crippen LogP contribution >= 0.6 is 0 Å². The van der Waals surface area contributed by atoms with E-state index in [1.807, 2.05) is 0 Å². The third-order valence-electron chi connectivity index (χ3n) is 3.80. The van der Waals surface area contributed by atoms with Crippen molar-refractivity contribution in [3.63, 3.8) is 0 Å². The molecule has 0 aliphatic rings. The van der Waals surface area contributed by atoms with Crippen LogP contribution in [0.2, 0.25) is 0 Å². The van der Waals surface area contributed by atoms with E-state index in [0.717, 1.165) is 6.54 Å². The Hall–Kier alpha value is -1.96. The molecule has 0 atom stereocenters. The van der Waals surface area contributed by atoms with E-state index < -0.39 is 0 Å². The van der Waals surface area contributed by atoms with Crippen LogP contribution in [0.1, 0.15) is 22.3 Å². The Morgan fingerprint density at radius 3 is 2.15 bits per heavy atom. The van der Waals surface area contributed by atoms with Crippen LogP contribution in [0.15, 0.2) is 36.4 Å². The first kappa shape index (κ1) is 14.4. The van der Waals surface area contributed by atoms with Crippen molar-refractivity contribution in [1.29, 1.82) is 0 Å². The van der Waals surface area contributed by atoms with Crippen molar-refractivity contribution in [2.24, 2.45) is 0 Å². The third-order valence-corrected chi connectivity index (χ3v) is 3.80. The molecule has 0 aliphatic heterocycles. The maximum absolute atomic E-state index is 3.54. The van der Waals surface area contributed by atoms with Gasteiger partial charge in [0.05, 0.1) is 0 Å². The third kappa shape index (κ3) is 3.13. The first-order valence-electron chi connectivity index (χ1n) is 7.06. The molecule has 2 aromatic rings. The van der Waals surface area contributed by atoms with E-state index >= 15 is 0 Å². The molecule has 2 rings (SSSR count). The van der Waals surface area contributed by atoms with Crippen molar-refractivity contribution in [1.82, 2.24) is 0 Å². The molecule has 0 unspecified atom stereocenters. The van der Waals surface area contributed by atoms with Gasteiger partial charge in [-0.2, -0.15) is 0 Å². The topological polar surface area (TPSA) is 15.3 Å². The predicted octanol–water partition coefficient (Wildman–Crippen LogP) is 4.29. The van der Waals surface area contributed by atoms with Crippen LogP contribution in [0, 0.1) is 20.8 Å². The summed E-state index contributed by atoms with van der Waals surface area (Å²) < 4.78 is 0. The van der Waals surface area contributed by atoms with Gasteiger partial charge in [0, 0.05) is 32.0 Å². The zero-order valence-corrected chi connectivity index (χ0v) is 13.1. The van der Waals surface area contributed by atoms with Gasteiger partial charge >= 0.3 is 0 Å². The summed E-state index contributed by atoms with van der Waals surface area (Å²) in [4.78, 5) is 2.15. The Balaban J connectivity index is 2.17. The lowest BCUT2D eigenvalue weighted by molar-refractivity contribution is 1.08. The van der Waals surface area contributed by atoms with E-state index in [1.165, 1.54) is 33.6 Å². The summed E-state index contributed by atoms with van der Waals surface area (Å²) in [6, 6.07) is 13.0. The second-order valence-electron chi connectivity index (χ2n) is 5.62. The van der Waals surface area contributed by atoms with Gasteiger partial charge in [-0.25, -0.2) is 0 Å². The number of hydrogen-bond donors (Lipinski definition) is 1. The normalized spacial score (nSPS) is 10.4. The van der Waals surface area contributed by atoms with Gasteiger partial charge in [-0.05, 0) is 55.2 Å². The molecule has 0 radical (unpaired) electrons. The summed E-state index contributed by atoms with van der Waals surface area (Å²) in [5.74, 6) is 0. The van der Waals surface area contributed by atoms with Crippen LogP contribution in [0.25, 0.3) is 0 Å². The smallest absolute Gasteiger partial charge is 0.0411 e. The van der Waals surface area contributed by atoms with E-state index in [9.17, 15) is 0 Å². The van der Waals surface area contributed by atoms with Gasteiger partial charge in [0.2, 0.25) is 0 Å². The average Bonchev–Trinajstić information content (AvgIpc) is 2.39. The van der Waals surface area contributed by atoms with Crippen LogP contribution in [-0.2, 0) is 6.54 Å². The maximum atomic E-state index is 3.54. The summed E-state index contributed by atoms with van der Waals surface area (Å²) in [6.45, 7) is 7.36. The second-order valence-corrected chi connectivity index (χ2v) is 5.62. The molecule has 0 aliphatic carbocycles. The summed E-state index contributed by atoms with van der Waals surface area (Å²) in [6.07, 6.45) is 0. The lowest BCUT2D eigenvalue weighted by Crippen LogP contribution is -2.11. The molecule has 20 heavy (non-hydrogen) atoms. The summed E-state index contributed by atoms with van der Waals surface area (Å²) in [7, 11) is 4.16.